The summed E-state index contributed by atoms with van der Waals surface area (Å²) in [5, 5.41) is 2.90. The predicted octanol–water partition coefficient (Wildman–Crippen LogP) is 2.56. The van der Waals surface area contributed by atoms with Crippen molar-refractivity contribution < 1.29 is 32.2 Å². The van der Waals surface area contributed by atoms with E-state index in [9.17, 15) is 18.0 Å². The molecule has 0 aliphatic carbocycles. The molecule has 0 radical (unpaired) electrons. The standard InChI is InChI=1S/C26H35N3O7S/c1-6-18(2)27-26(31)19(3)28(16-20-8-7-9-22(14-20)34-4)25(30)17-29(37(5,32)33)21-10-11-23-24(15-21)36-13-12-35-23/h7-11,14-15,18-19H,6,12-13,16-17H2,1-5H3,(H,27,31)/t18-,19+/m1/s1. The lowest BCUT2D eigenvalue weighted by molar-refractivity contribution is -0.139. The lowest BCUT2D eigenvalue weighted by Crippen LogP contribution is -2.52. The fourth-order valence-electron chi connectivity index (χ4n) is 3.82. The number of carbonyl (C=O) groups excluding carboxylic acids is 2. The van der Waals surface area contributed by atoms with Crippen molar-refractivity contribution in [2.75, 3.05) is 37.4 Å². The van der Waals surface area contributed by atoms with E-state index in [1.54, 1.807) is 44.4 Å². The molecule has 2 amide bonds. The first-order valence-corrected chi connectivity index (χ1v) is 14.0. The first kappa shape index (κ1) is 28.1. The summed E-state index contributed by atoms with van der Waals surface area (Å²) in [4.78, 5) is 28.0. The van der Waals surface area contributed by atoms with E-state index in [-0.39, 0.29) is 24.2 Å². The van der Waals surface area contributed by atoms with Crippen LogP contribution in [0.1, 0.15) is 32.8 Å². The molecule has 2 aromatic carbocycles. The van der Waals surface area contributed by atoms with Crippen LogP contribution in [0.15, 0.2) is 42.5 Å². The van der Waals surface area contributed by atoms with E-state index in [2.05, 4.69) is 5.32 Å². The Hall–Kier alpha value is -3.47. The minimum absolute atomic E-state index is 0.0750. The highest BCUT2D eigenvalue weighted by atomic mass is 32.2. The van der Waals surface area contributed by atoms with Gasteiger partial charge in [-0.05, 0) is 50.1 Å². The summed E-state index contributed by atoms with van der Waals surface area (Å²) >= 11 is 0. The highest BCUT2D eigenvalue weighted by Gasteiger charge is 2.31. The van der Waals surface area contributed by atoms with Crippen molar-refractivity contribution in [2.24, 2.45) is 0 Å². The maximum atomic E-state index is 13.7. The second-order valence-electron chi connectivity index (χ2n) is 8.96. The maximum Gasteiger partial charge on any atom is 0.244 e. The Kier molecular flexibility index (Phi) is 9.25. The van der Waals surface area contributed by atoms with Crippen LogP contribution in [0, 0.1) is 0 Å². The SMILES string of the molecule is CC[C@@H](C)NC(=O)[C@H](C)N(Cc1cccc(OC)c1)C(=O)CN(c1ccc2c(c1)OCCO2)S(C)(=O)=O. The molecule has 2 aromatic rings. The van der Waals surface area contributed by atoms with Crippen LogP contribution < -0.4 is 23.8 Å². The Morgan fingerprint density at radius 1 is 1.08 bits per heavy atom. The molecule has 10 nitrogen and oxygen atoms in total. The quantitative estimate of drug-likeness (QED) is 0.472. The summed E-state index contributed by atoms with van der Waals surface area (Å²) < 4.78 is 43.0. The van der Waals surface area contributed by atoms with E-state index in [1.165, 1.54) is 11.0 Å². The van der Waals surface area contributed by atoms with Crippen LogP contribution in [-0.4, -0.2) is 70.3 Å². The predicted molar refractivity (Wildman–Crippen MR) is 141 cm³/mol. The molecule has 37 heavy (non-hydrogen) atoms. The molecular formula is C26H35N3O7S. The zero-order chi connectivity index (χ0) is 27.2. The van der Waals surface area contributed by atoms with Gasteiger partial charge < -0.3 is 24.4 Å². The van der Waals surface area contributed by atoms with E-state index in [0.29, 0.717) is 30.5 Å². The Morgan fingerprint density at radius 3 is 2.43 bits per heavy atom. The molecule has 0 spiro atoms. The summed E-state index contributed by atoms with van der Waals surface area (Å²) in [5.41, 5.74) is 0.999. The first-order chi connectivity index (χ1) is 17.5. The Labute approximate surface area is 218 Å². The van der Waals surface area contributed by atoms with E-state index in [1.807, 2.05) is 19.9 Å². The van der Waals surface area contributed by atoms with E-state index in [0.717, 1.165) is 22.5 Å². The molecule has 11 heteroatoms. The van der Waals surface area contributed by atoms with Crippen LogP contribution >= 0.6 is 0 Å². The Bertz CT molecular complexity index is 1220. The van der Waals surface area contributed by atoms with Gasteiger partial charge in [-0.1, -0.05) is 19.1 Å². The van der Waals surface area contributed by atoms with Gasteiger partial charge in [0, 0.05) is 18.7 Å². The molecule has 0 unspecified atom stereocenters. The van der Waals surface area contributed by atoms with Gasteiger partial charge in [-0.3, -0.25) is 13.9 Å². The molecule has 1 N–H and O–H groups in total. The van der Waals surface area contributed by atoms with Crippen LogP contribution in [-0.2, 0) is 26.2 Å². The van der Waals surface area contributed by atoms with Crippen molar-refractivity contribution in [3.05, 3.63) is 48.0 Å². The van der Waals surface area contributed by atoms with Crippen molar-refractivity contribution in [3.63, 3.8) is 0 Å². The van der Waals surface area contributed by atoms with Crippen LogP contribution in [0.4, 0.5) is 5.69 Å². The highest BCUT2D eigenvalue weighted by molar-refractivity contribution is 7.92. The zero-order valence-corrected chi connectivity index (χ0v) is 22.7. The molecule has 1 heterocycles. The number of nitrogens with one attached hydrogen (secondary N) is 1. The summed E-state index contributed by atoms with van der Waals surface area (Å²) in [6.45, 7) is 5.79. The largest absolute Gasteiger partial charge is 0.497 e. The molecule has 202 valence electrons. The molecule has 3 rings (SSSR count). The topological polar surface area (TPSA) is 114 Å². The van der Waals surface area contributed by atoms with Gasteiger partial charge in [0.2, 0.25) is 21.8 Å². The van der Waals surface area contributed by atoms with Gasteiger partial charge in [-0.25, -0.2) is 8.42 Å². The number of rotatable bonds is 11. The summed E-state index contributed by atoms with van der Waals surface area (Å²) in [7, 11) is -2.31. The molecule has 2 atom stereocenters. The zero-order valence-electron chi connectivity index (χ0n) is 21.9. The number of hydrogen-bond donors (Lipinski definition) is 1. The van der Waals surface area contributed by atoms with Crippen LogP contribution in [0.3, 0.4) is 0 Å². The number of anilines is 1. The summed E-state index contributed by atoms with van der Waals surface area (Å²) in [6.07, 6.45) is 1.76. The second kappa shape index (κ2) is 12.2. The van der Waals surface area contributed by atoms with Gasteiger partial charge in [0.15, 0.2) is 11.5 Å². The average Bonchev–Trinajstić information content (AvgIpc) is 2.88. The third-order valence-electron chi connectivity index (χ3n) is 6.15. The number of carbonyl (C=O) groups is 2. The Balaban J connectivity index is 1.92. The summed E-state index contributed by atoms with van der Waals surface area (Å²) in [6, 6.07) is 10.9. The number of fused-ring (bicyclic) bond motifs is 1. The average molecular weight is 534 g/mol. The van der Waals surface area contributed by atoms with E-state index >= 15 is 0 Å². The van der Waals surface area contributed by atoms with Crippen LogP contribution in [0.25, 0.3) is 0 Å². The normalized spacial score (nSPS) is 14.3. The second-order valence-corrected chi connectivity index (χ2v) is 10.9. The van der Waals surface area contributed by atoms with E-state index < -0.39 is 28.5 Å². The van der Waals surface area contributed by atoms with Crippen molar-refractivity contribution in [1.82, 2.24) is 10.2 Å². The Morgan fingerprint density at radius 2 is 1.78 bits per heavy atom. The third kappa shape index (κ3) is 7.28. The number of hydrogen-bond acceptors (Lipinski definition) is 7. The van der Waals surface area contributed by atoms with Gasteiger partial charge in [-0.15, -0.1) is 0 Å². The van der Waals surface area contributed by atoms with Crippen molar-refractivity contribution in [1.29, 1.82) is 0 Å². The molecule has 0 saturated carbocycles. The van der Waals surface area contributed by atoms with Crippen LogP contribution in [0.2, 0.25) is 0 Å². The first-order valence-electron chi connectivity index (χ1n) is 12.1. The van der Waals surface area contributed by atoms with Crippen molar-refractivity contribution in [3.8, 4) is 17.2 Å². The lowest BCUT2D eigenvalue weighted by Gasteiger charge is -2.32. The van der Waals surface area contributed by atoms with Crippen molar-refractivity contribution in [2.45, 2.75) is 45.8 Å². The molecule has 0 aromatic heterocycles. The van der Waals surface area contributed by atoms with Crippen molar-refractivity contribution >= 4 is 27.5 Å². The molecule has 0 saturated heterocycles. The smallest absolute Gasteiger partial charge is 0.244 e. The van der Waals surface area contributed by atoms with Crippen LogP contribution in [0.5, 0.6) is 17.2 Å². The number of amides is 2. The number of ether oxygens (including phenoxy) is 3. The minimum Gasteiger partial charge on any atom is -0.497 e. The summed E-state index contributed by atoms with van der Waals surface area (Å²) in [5.74, 6) is 0.658. The number of benzene rings is 2. The van der Waals surface area contributed by atoms with E-state index in [4.69, 9.17) is 14.2 Å². The fraction of sp³-hybridized carbons (Fsp3) is 0.462. The van der Waals surface area contributed by atoms with Gasteiger partial charge in [0.25, 0.3) is 0 Å². The molecule has 1 aliphatic heterocycles. The minimum atomic E-state index is -3.86. The van der Waals surface area contributed by atoms with Gasteiger partial charge in [0.1, 0.15) is 31.5 Å². The molecular weight excluding hydrogens is 498 g/mol. The van der Waals surface area contributed by atoms with Gasteiger partial charge >= 0.3 is 0 Å². The van der Waals surface area contributed by atoms with Gasteiger partial charge in [0.05, 0.1) is 19.1 Å². The van der Waals surface area contributed by atoms with Gasteiger partial charge in [-0.2, -0.15) is 0 Å². The molecule has 1 aliphatic rings. The lowest BCUT2D eigenvalue weighted by atomic mass is 10.1. The maximum absolute atomic E-state index is 13.7. The molecule has 0 bridgehead atoms. The third-order valence-corrected chi connectivity index (χ3v) is 7.29. The molecule has 0 fully saturated rings. The number of nitrogens with zero attached hydrogens (tertiary/aromatic N) is 2. The fourth-order valence-corrected chi connectivity index (χ4v) is 4.66. The number of methoxy groups -OCH3 is 1. The highest BCUT2D eigenvalue weighted by Crippen LogP contribution is 2.34. The number of sulfonamides is 1. The monoisotopic (exact) mass is 533 g/mol.